The van der Waals surface area contributed by atoms with Crippen LogP contribution in [0, 0.1) is 0 Å². The van der Waals surface area contributed by atoms with E-state index in [-0.39, 0.29) is 18.6 Å². The van der Waals surface area contributed by atoms with Gasteiger partial charge in [0, 0.05) is 26.2 Å². The second-order valence-electron chi connectivity index (χ2n) is 7.12. The monoisotopic (exact) mass is 377 g/mol. The zero-order chi connectivity index (χ0) is 18.7. The molecule has 1 fully saturated rings. The van der Waals surface area contributed by atoms with Crippen LogP contribution in [-0.4, -0.2) is 64.6 Å². The second kappa shape index (κ2) is 7.49. The molecule has 0 bridgehead atoms. The Morgan fingerprint density at radius 1 is 1.12 bits per heavy atom. The van der Waals surface area contributed by atoms with Crippen LogP contribution in [0.15, 0.2) is 24.3 Å². The first-order chi connectivity index (χ1) is 12.3. The number of hydrogen-bond donors (Lipinski definition) is 0. The highest BCUT2D eigenvalue weighted by molar-refractivity contribution is 7.13. The topological polar surface area (TPSA) is 72.0 Å². The molecule has 0 atom stereocenters. The van der Waals surface area contributed by atoms with Crippen LogP contribution in [0.1, 0.15) is 20.8 Å². The van der Waals surface area contributed by atoms with E-state index in [0.29, 0.717) is 32.1 Å². The number of fused-ring (bicyclic) bond motifs is 1. The smallest absolute Gasteiger partial charge is 0.410 e. The third-order valence-electron chi connectivity index (χ3n) is 3.96. The minimum absolute atomic E-state index is 0.0554. The van der Waals surface area contributed by atoms with Gasteiger partial charge < -0.3 is 19.3 Å². The van der Waals surface area contributed by atoms with Crippen LogP contribution in [0.25, 0.3) is 10.1 Å². The normalized spacial score (nSPS) is 15.2. The van der Waals surface area contributed by atoms with Crippen LogP contribution in [0.3, 0.4) is 0 Å². The summed E-state index contributed by atoms with van der Waals surface area (Å²) in [6.45, 7) is 7.32. The molecule has 1 aliphatic heterocycles. The van der Waals surface area contributed by atoms with Gasteiger partial charge in [-0.2, -0.15) is 4.37 Å². The first-order valence-electron chi connectivity index (χ1n) is 8.56. The average Bonchev–Trinajstić information content (AvgIpc) is 3.01. The van der Waals surface area contributed by atoms with Crippen LogP contribution in [-0.2, 0) is 9.53 Å². The maximum absolute atomic E-state index is 12.4. The van der Waals surface area contributed by atoms with Gasteiger partial charge in [-0.3, -0.25) is 4.79 Å². The molecule has 8 heteroatoms. The first-order valence-corrected chi connectivity index (χ1v) is 9.34. The molecule has 140 valence electrons. The van der Waals surface area contributed by atoms with Gasteiger partial charge in [0.15, 0.2) is 6.61 Å². The fraction of sp³-hybridized carbons (Fsp3) is 0.500. The lowest BCUT2D eigenvalue weighted by atomic mass is 10.2. The number of aromatic nitrogens is 1. The molecule has 1 aliphatic rings. The van der Waals surface area contributed by atoms with Gasteiger partial charge in [-0.25, -0.2) is 4.79 Å². The number of hydrogen-bond acceptors (Lipinski definition) is 6. The molecule has 2 amide bonds. The molecular weight excluding hydrogens is 354 g/mol. The molecule has 3 rings (SSSR count). The Hall–Kier alpha value is -2.35. The number of piperazine rings is 1. The van der Waals surface area contributed by atoms with Gasteiger partial charge in [0.05, 0.1) is 10.1 Å². The summed E-state index contributed by atoms with van der Waals surface area (Å²) < 4.78 is 16.3. The SMILES string of the molecule is CC(C)(C)OC(=O)N1CCN(C(=O)COc2nsc3ccccc23)CC1. The summed E-state index contributed by atoms with van der Waals surface area (Å²) in [5, 5.41) is 0.917. The Bertz CT molecular complexity index is 791. The summed E-state index contributed by atoms with van der Waals surface area (Å²) in [5.41, 5.74) is -0.520. The van der Waals surface area contributed by atoms with Gasteiger partial charge in [-0.05, 0) is 44.4 Å². The van der Waals surface area contributed by atoms with Crippen molar-refractivity contribution in [2.24, 2.45) is 0 Å². The van der Waals surface area contributed by atoms with E-state index in [1.165, 1.54) is 11.5 Å². The molecular formula is C18H23N3O4S. The van der Waals surface area contributed by atoms with E-state index in [2.05, 4.69) is 4.37 Å². The lowest BCUT2D eigenvalue weighted by Crippen LogP contribution is -2.52. The highest BCUT2D eigenvalue weighted by Crippen LogP contribution is 2.28. The fourth-order valence-corrected chi connectivity index (χ4v) is 3.38. The van der Waals surface area contributed by atoms with Gasteiger partial charge in [0.1, 0.15) is 5.60 Å². The highest BCUT2D eigenvalue weighted by atomic mass is 32.1. The fourth-order valence-electron chi connectivity index (χ4n) is 2.65. The molecule has 2 aromatic rings. The van der Waals surface area contributed by atoms with Crippen LogP contribution in [0.5, 0.6) is 5.88 Å². The maximum atomic E-state index is 12.4. The van der Waals surface area contributed by atoms with Gasteiger partial charge >= 0.3 is 6.09 Å². The molecule has 1 aromatic carbocycles. The summed E-state index contributed by atoms with van der Waals surface area (Å²) in [7, 11) is 0. The van der Waals surface area contributed by atoms with E-state index < -0.39 is 5.60 Å². The zero-order valence-corrected chi connectivity index (χ0v) is 16.0. The number of amides is 2. The lowest BCUT2D eigenvalue weighted by Gasteiger charge is -2.35. The van der Waals surface area contributed by atoms with Crippen LogP contribution in [0.4, 0.5) is 4.79 Å². The van der Waals surface area contributed by atoms with Crippen molar-refractivity contribution in [2.45, 2.75) is 26.4 Å². The number of rotatable bonds is 3. The summed E-state index contributed by atoms with van der Waals surface area (Å²) in [5.74, 6) is 0.386. The Morgan fingerprint density at radius 2 is 1.77 bits per heavy atom. The average molecular weight is 377 g/mol. The Kier molecular flexibility index (Phi) is 5.31. The Labute approximate surface area is 156 Å². The van der Waals surface area contributed by atoms with E-state index in [9.17, 15) is 9.59 Å². The molecule has 0 spiro atoms. The number of ether oxygens (including phenoxy) is 2. The predicted octanol–water partition coefficient (Wildman–Crippen LogP) is 2.75. The number of nitrogens with zero attached hydrogens (tertiary/aromatic N) is 3. The second-order valence-corrected chi connectivity index (χ2v) is 7.93. The van der Waals surface area contributed by atoms with Crippen molar-refractivity contribution < 1.29 is 19.1 Å². The van der Waals surface area contributed by atoms with Crippen molar-refractivity contribution in [3.8, 4) is 5.88 Å². The molecule has 0 unspecified atom stereocenters. The summed E-state index contributed by atoms with van der Waals surface area (Å²) in [6, 6.07) is 7.76. The van der Waals surface area contributed by atoms with Crippen molar-refractivity contribution in [2.75, 3.05) is 32.8 Å². The predicted molar refractivity (Wildman–Crippen MR) is 99.5 cm³/mol. The third kappa shape index (κ3) is 4.43. The lowest BCUT2D eigenvalue weighted by molar-refractivity contribution is -0.135. The van der Waals surface area contributed by atoms with Crippen LogP contribution < -0.4 is 4.74 Å². The minimum Gasteiger partial charge on any atom is -0.467 e. The number of carbonyl (C=O) groups excluding carboxylic acids is 2. The maximum Gasteiger partial charge on any atom is 0.410 e. The minimum atomic E-state index is -0.520. The van der Waals surface area contributed by atoms with Crippen molar-refractivity contribution in [1.82, 2.24) is 14.2 Å². The van der Waals surface area contributed by atoms with E-state index in [4.69, 9.17) is 9.47 Å². The highest BCUT2D eigenvalue weighted by Gasteiger charge is 2.27. The standard InChI is InChI=1S/C18H23N3O4S/c1-18(2,3)25-17(23)21-10-8-20(9-11-21)15(22)12-24-16-13-6-4-5-7-14(13)26-19-16/h4-7H,8-12H2,1-3H3. The van der Waals surface area contributed by atoms with Crippen LogP contribution in [0.2, 0.25) is 0 Å². The zero-order valence-electron chi connectivity index (χ0n) is 15.2. The van der Waals surface area contributed by atoms with E-state index in [1.807, 2.05) is 45.0 Å². The summed E-state index contributed by atoms with van der Waals surface area (Å²) in [6.07, 6.45) is -0.338. The molecule has 0 radical (unpaired) electrons. The third-order valence-corrected chi connectivity index (χ3v) is 4.77. The van der Waals surface area contributed by atoms with Crippen molar-refractivity contribution >= 4 is 33.6 Å². The van der Waals surface area contributed by atoms with Gasteiger partial charge in [0.2, 0.25) is 5.88 Å². The van der Waals surface area contributed by atoms with Crippen molar-refractivity contribution in [3.63, 3.8) is 0 Å². The number of carbonyl (C=O) groups is 2. The van der Waals surface area contributed by atoms with Gasteiger partial charge in [-0.1, -0.05) is 12.1 Å². The summed E-state index contributed by atoms with van der Waals surface area (Å²) in [4.78, 5) is 27.8. The molecule has 2 heterocycles. The Balaban J connectivity index is 1.49. The molecule has 1 saturated heterocycles. The quantitative estimate of drug-likeness (QED) is 0.822. The van der Waals surface area contributed by atoms with Crippen LogP contribution >= 0.6 is 11.5 Å². The van der Waals surface area contributed by atoms with E-state index in [1.54, 1.807) is 9.80 Å². The largest absolute Gasteiger partial charge is 0.467 e. The molecule has 0 N–H and O–H groups in total. The molecule has 0 aliphatic carbocycles. The van der Waals surface area contributed by atoms with Crippen molar-refractivity contribution in [1.29, 1.82) is 0 Å². The molecule has 1 aromatic heterocycles. The molecule has 0 saturated carbocycles. The van der Waals surface area contributed by atoms with Gasteiger partial charge in [-0.15, -0.1) is 0 Å². The van der Waals surface area contributed by atoms with Gasteiger partial charge in [0.25, 0.3) is 5.91 Å². The number of benzene rings is 1. The van der Waals surface area contributed by atoms with Crippen molar-refractivity contribution in [3.05, 3.63) is 24.3 Å². The Morgan fingerprint density at radius 3 is 2.46 bits per heavy atom. The molecule has 26 heavy (non-hydrogen) atoms. The first kappa shape index (κ1) is 18.4. The van der Waals surface area contributed by atoms with E-state index >= 15 is 0 Å². The molecule has 7 nitrogen and oxygen atoms in total. The summed E-state index contributed by atoms with van der Waals surface area (Å²) >= 11 is 1.35. The van der Waals surface area contributed by atoms with E-state index in [0.717, 1.165) is 10.1 Å².